The first kappa shape index (κ1) is 14.3. The summed E-state index contributed by atoms with van der Waals surface area (Å²) in [6.45, 7) is 5.82. The van der Waals surface area contributed by atoms with Crippen molar-refractivity contribution in [3.63, 3.8) is 0 Å². The summed E-state index contributed by atoms with van der Waals surface area (Å²) in [5.41, 5.74) is 8.81. The van der Waals surface area contributed by atoms with Gasteiger partial charge in [-0.25, -0.2) is 0 Å². The Balaban J connectivity index is 0.00000106. The summed E-state index contributed by atoms with van der Waals surface area (Å²) in [5.74, 6) is 0. The van der Waals surface area contributed by atoms with Gasteiger partial charge in [-0.2, -0.15) is 8.42 Å². The smallest absolute Gasteiger partial charge is 0.307 e. The molecule has 16 heavy (non-hydrogen) atoms. The van der Waals surface area contributed by atoms with Gasteiger partial charge in [0.05, 0.1) is 0 Å². The fourth-order valence-corrected chi connectivity index (χ4v) is 1.48. The van der Waals surface area contributed by atoms with E-state index in [1.165, 1.54) is 12.1 Å². The molecular formula is C9H13N3O3S. The molecule has 0 aromatic heterocycles. The molecule has 0 aliphatic rings. The highest BCUT2D eigenvalue weighted by atomic mass is 32.2. The van der Waals surface area contributed by atoms with Gasteiger partial charge in [0.15, 0.2) is 0 Å². The summed E-state index contributed by atoms with van der Waals surface area (Å²) in [6.07, 6.45) is 0. The van der Waals surface area contributed by atoms with Crippen LogP contribution in [0.15, 0.2) is 34.4 Å². The predicted molar refractivity (Wildman–Crippen MR) is 59.9 cm³/mol. The van der Waals surface area contributed by atoms with Crippen LogP contribution >= 0.6 is 0 Å². The van der Waals surface area contributed by atoms with Gasteiger partial charge in [-0.3, -0.25) is 0 Å². The lowest BCUT2D eigenvalue weighted by Crippen LogP contribution is -2.01. The molecule has 0 bridgehead atoms. The number of hydrogen-bond donors (Lipinski definition) is 0. The van der Waals surface area contributed by atoms with Crippen LogP contribution in [0.5, 0.6) is 0 Å². The number of hydrogen-bond acceptors (Lipinski definition) is 4. The molecule has 7 heteroatoms. The number of aryl methyl sites for hydroxylation is 1. The van der Waals surface area contributed by atoms with Gasteiger partial charge >= 0.3 is 10.1 Å². The lowest BCUT2D eigenvalue weighted by Gasteiger charge is -2.00. The maximum Gasteiger partial charge on any atom is 0.345 e. The van der Waals surface area contributed by atoms with E-state index in [4.69, 9.17) is 5.53 Å². The quantitative estimate of drug-likeness (QED) is 0.353. The van der Waals surface area contributed by atoms with E-state index in [9.17, 15) is 8.42 Å². The lowest BCUT2D eigenvalue weighted by molar-refractivity contribution is 0.331. The van der Waals surface area contributed by atoms with Crippen molar-refractivity contribution in [2.45, 2.75) is 25.7 Å². The van der Waals surface area contributed by atoms with Crippen molar-refractivity contribution < 1.29 is 12.7 Å². The second-order valence-corrected chi connectivity index (χ2v) is 4.04. The van der Waals surface area contributed by atoms with Crippen LogP contribution in [0.25, 0.3) is 10.4 Å². The Labute approximate surface area is 94.6 Å². The molecule has 0 amide bonds. The molecule has 1 aromatic rings. The van der Waals surface area contributed by atoms with Crippen molar-refractivity contribution in [2.75, 3.05) is 0 Å². The SMILES string of the molecule is CC.Cc1ccc(S(=O)(=O)ON=[N+]=[N-])cc1. The predicted octanol–water partition coefficient (Wildman–Crippen LogP) is 2.95. The second-order valence-electron chi connectivity index (χ2n) is 2.51. The Morgan fingerprint density at radius 3 is 2.19 bits per heavy atom. The molecule has 0 atom stereocenters. The van der Waals surface area contributed by atoms with Crippen molar-refractivity contribution in [3.05, 3.63) is 40.3 Å². The highest BCUT2D eigenvalue weighted by molar-refractivity contribution is 7.86. The van der Waals surface area contributed by atoms with Crippen LogP contribution in [0.1, 0.15) is 19.4 Å². The average Bonchev–Trinajstić information content (AvgIpc) is 2.30. The zero-order chi connectivity index (χ0) is 12.6. The molecule has 0 saturated carbocycles. The zero-order valence-corrected chi connectivity index (χ0v) is 10.1. The molecule has 0 heterocycles. The van der Waals surface area contributed by atoms with E-state index >= 15 is 0 Å². The van der Waals surface area contributed by atoms with E-state index in [-0.39, 0.29) is 4.90 Å². The van der Waals surface area contributed by atoms with Crippen LogP contribution in [0.2, 0.25) is 0 Å². The number of azide groups is 1. The summed E-state index contributed by atoms with van der Waals surface area (Å²) in [4.78, 5) is 2.14. The summed E-state index contributed by atoms with van der Waals surface area (Å²) < 4.78 is 26.4. The minimum atomic E-state index is -3.96. The maximum absolute atomic E-state index is 11.2. The van der Waals surface area contributed by atoms with E-state index in [2.05, 4.69) is 14.5 Å². The number of nitrogens with zero attached hydrogens (tertiary/aromatic N) is 3. The molecule has 88 valence electrons. The van der Waals surface area contributed by atoms with Gasteiger partial charge < -0.3 is 4.28 Å². The van der Waals surface area contributed by atoms with Crippen LogP contribution in [-0.2, 0) is 14.4 Å². The van der Waals surface area contributed by atoms with Crippen molar-refractivity contribution in [1.29, 1.82) is 0 Å². The molecule has 0 N–H and O–H groups in total. The third kappa shape index (κ3) is 4.20. The van der Waals surface area contributed by atoms with E-state index in [1.807, 2.05) is 20.8 Å². The van der Waals surface area contributed by atoms with Gasteiger partial charge in [0.25, 0.3) is 0 Å². The molecule has 0 saturated heterocycles. The van der Waals surface area contributed by atoms with E-state index < -0.39 is 10.1 Å². The molecular weight excluding hydrogens is 230 g/mol. The van der Waals surface area contributed by atoms with Gasteiger partial charge in [-0.05, 0) is 24.6 Å². The number of benzene rings is 1. The summed E-state index contributed by atoms with van der Waals surface area (Å²) in [5, 5.41) is 2.53. The monoisotopic (exact) mass is 243 g/mol. The molecule has 0 unspecified atom stereocenters. The first-order valence-corrected chi connectivity index (χ1v) is 6.02. The molecule has 0 aliphatic carbocycles. The Hall–Kier alpha value is -1.72. The lowest BCUT2D eigenvalue weighted by atomic mass is 10.2. The van der Waals surface area contributed by atoms with Gasteiger partial charge in [-0.1, -0.05) is 31.5 Å². The van der Waals surface area contributed by atoms with E-state index in [0.29, 0.717) is 0 Å². The maximum atomic E-state index is 11.2. The molecule has 0 radical (unpaired) electrons. The van der Waals surface area contributed by atoms with Crippen LogP contribution < -0.4 is 0 Å². The molecule has 6 nitrogen and oxygen atoms in total. The van der Waals surface area contributed by atoms with Crippen molar-refractivity contribution >= 4 is 10.1 Å². The molecule has 0 aliphatic heterocycles. The highest BCUT2D eigenvalue weighted by Crippen LogP contribution is 2.13. The van der Waals surface area contributed by atoms with Crippen LogP contribution in [-0.4, -0.2) is 8.42 Å². The molecule has 1 aromatic carbocycles. The third-order valence-electron chi connectivity index (χ3n) is 1.48. The first-order valence-electron chi connectivity index (χ1n) is 4.61. The third-order valence-corrected chi connectivity index (χ3v) is 2.59. The Kier molecular flexibility index (Phi) is 5.99. The highest BCUT2D eigenvalue weighted by Gasteiger charge is 2.13. The van der Waals surface area contributed by atoms with Gasteiger partial charge in [0, 0.05) is 4.91 Å². The second kappa shape index (κ2) is 6.71. The fraction of sp³-hybridized carbons (Fsp3) is 0.333. The van der Waals surface area contributed by atoms with Gasteiger partial charge in [0.1, 0.15) is 10.2 Å². The summed E-state index contributed by atoms with van der Waals surface area (Å²) in [6, 6.07) is 5.98. The Morgan fingerprint density at radius 1 is 1.25 bits per heavy atom. The van der Waals surface area contributed by atoms with Crippen LogP contribution in [0.3, 0.4) is 0 Å². The minimum absolute atomic E-state index is 0.0458. The van der Waals surface area contributed by atoms with Crippen LogP contribution in [0.4, 0.5) is 0 Å². The average molecular weight is 243 g/mol. The minimum Gasteiger partial charge on any atom is -0.307 e. The fourth-order valence-electron chi connectivity index (χ4n) is 0.807. The zero-order valence-electron chi connectivity index (χ0n) is 9.28. The van der Waals surface area contributed by atoms with Crippen molar-refractivity contribution in [2.24, 2.45) is 5.28 Å². The van der Waals surface area contributed by atoms with E-state index in [1.54, 1.807) is 12.1 Å². The van der Waals surface area contributed by atoms with E-state index in [0.717, 1.165) is 5.56 Å². The normalized spacial score (nSPS) is 9.44. The Morgan fingerprint density at radius 2 is 1.75 bits per heavy atom. The first-order chi connectivity index (χ1) is 7.56. The summed E-state index contributed by atoms with van der Waals surface area (Å²) >= 11 is 0. The molecule has 1 rings (SSSR count). The standard InChI is InChI=1S/C7H7N3O3S.C2H6/c1-6-2-4-7(5-3-6)14(11,12)13-10-9-8;1-2/h2-5H,1H3;1-2H3. The number of rotatable bonds is 3. The van der Waals surface area contributed by atoms with Crippen LogP contribution in [0, 0.1) is 6.92 Å². The Bertz CT molecular complexity index is 461. The van der Waals surface area contributed by atoms with Crippen molar-refractivity contribution in [1.82, 2.24) is 0 Å². The molecule has 0 fully saturated rings. The topological polar surface area (TPSA) is 92.1 Å². The summed E-state index contributed by atoms with van der Waals surface area (Å²) in [7, 11) is -3.96. The van der Waals surface area contributed by atoms with Gasteiger partial charge in [0.2, 0.25) is 0 Å². The van der Waals surface area contributed by atoms with Gasteiger partial charge in [-0.15, -0.1) is 0 Å². The molecule has 0 spiro atoms. The largest absolute Gasteiger partial charge is 0.345 e. The van der Waals surface area contributed by atoms with Crippen molar-refractivity contribution in [3.8, 4) is 0 Å².